The minimum Gasteiger partial charge on any atom is -0.326 e. The van der Waals surface area contributed by atoms with Gasteiger partial charge in [-0.25, -0.2) is 4.98 Å². The van der Waals surface area contributed by atoms with Gasteiger partial charge in [-0.15, -0.1) is 0 Å². The molecule has 0 fully saturated rings. The van der Waals surface area contributed by atoms with Gasteiger partial charge in [0.1, 0.15) is 0 Å². The van der Waals surface area contributed by atoms with Crippen LogP contribution in [0, 0.1) is 13.8 Å². The van der Waals surface area contributed by atoms with Crippen molar-refractivity contribution in [2.24, 2.45) is 0 Å². The number of nitrogens with one attached hydrogen (secondary N) is 2. The number of fused-ring (bicyclic) bond motifs is 2. The highest BCUT2D eigenvalue weighted by molar-refractivity contribution is 6.03. The van der Waals surface area contributed by atoms with Gasteiger partial charge in [-0.2, -0.15) is 4.98 Å². The number of pyridine rings is 1. The van der Waals surface area contributed by atoms with Crippen molar-refractivity contribution in [3.63, 3.8) is 0 Å². The highest BCUT2D eigenvalue weighted by Crippen LogP contribution is 2.31. The van der Waals surface area contributed by atoms with Gasteiger partial charge in [-0.1, -0.05) is 48.5 Å². The van der Waals surface area contributed by atoms with Gasteiger partial charge in [0.05, 0.1) is 5.39 Å². The first kappa shape index (κ1) is 18.1. The Hall–Kier alpha value is -3.99. The first-order chi connectivity index (χ1) is 14.6. The molecule has 3 aromatic carbocycles. The molecule has 146 valence electrons. The topological polar surface area (TPSA) is 70.7 Å². The maximum Gasteiger partial charge on any atom is 0.262 e. The molecular formula is C25H20N4O. The second-order valence-corrected chi connectivity index (χ2v) is 7.42. The number of rotatable bonds is 3. The second kappa shape index (κ2) is 7.12. The summed E-state index contributed by atoms with van der Waals surface area (Å²) in [6.07, 6.45) is 1.70. The van der Waals surface area contributed by atoms with E-state index < -0.39 is 0 Å². The van der Waals surface area contributed by atoms with E-state index in [-0.39, 0.29) is 5.56 Å². The molecule has 0 saturated carbocycles. The van der Waals surface area contributed by atoms with Gasteiger partial charge in [-0.05, 0) is 59.5 Å². The lowest BCUT2D eigenvalue weighted by molar-refractivity contribution is 1.14. The lowest BCUT2D eigenvalue weighted by atomic mass is 9.97. The van der Waals surface area contributed by atoms with Crippen molar-refractivity contribution in [3.05, 3.63) is 94.4 Å². The molecule has 2 aromatic heterocycles. The number of aromatic nitrogens is 3. The third kappa shape index (κ3) is 3.10. The number of aryl methyl sites for hydroxylation is 2. The zero-order chi connectivity index (χ0) is 20.7. The average Bonchev–Trinajstić information content (AvgIpc) is 2.75. The van der Waals surface area contributed by atoms with E-state index in [4.69, 9.17) is 0 Å². The summed E-state index contributed by atoms with van der Waals surface area (Å²) in [5, 5.41) is 5.88. The lowest BCUT2D eigenvalue weighted by Gasteiger charge is -2.11. The molecule has 0 saturated heterocycles. The summed E-state index contributed by atoms with van der Waals surface area (Å²) in [5.41, 5.74) is 5.25. The van der Waals surface area contributed by atoms with Crippen molar-refractivity contribution in [1.82, 2.24) is 15.0 Å². The van der Waals surface area contributed by atoms with Gasteiger partial charge in [0.2, 0.25) is 5.95 Å². The van der Waals surface area contributed by atoms with Crippen LogP contribution in [0.15, 0.2) is 77.7 Å². The predicted molar refractivity (Wildman–Crippen MR) is 122 cm³/mol. The minimum atomic E-state index is -0.220. The molecule has 0 aliphatic heterocycles. The van der Waals surface area contributed by atoms with E-state index in [0.29, 0.717) is 17.0 Å². The lowest BCUT2D eigenvalue weighted by Crippen LogP contribution is -2.13. The number of H-pyrrole nitrogens is 1. The largest absolute Gasteiger partial charge is 0.326 e. The Kier molecular flexibility index (Phi) is 4.29. The Morgan fingerprint density at radius 3 is 2.57 bits per heavy atom. The fourth-order valence-electron chi connectivity index (χ4n) is 3.76. The summed E-state index contributed by atoms with van der Waals surface area (Å²) in [6, 6.07) is 22.1. The number of anilines is 2. The summed E-state index contributed by atoms with van der Waals surface area (Å²) in [7, 11) is 0. The van der Waals surface area contributed by atoms with Crippen molar-refractivity contribution < 1.29 is 0 Å². The molecule has 0 atom stereocenters. The monoisotopic (exact) mass is 392 g/mol. The van der Waals surface area contributed by atoms with Crippen LogP contribution in [0.25, 0.3) is 32.9 Å². The van der Waals surface area contributed by atoms with Crippen molar-refractivity contribution in [2.75, 3.05) is 5.32 Å². The van der Waals surface area contributed by atoms with Gasteiger partial charge in [0.15, 0.2) is 5.65 Å². The number of hydrogen-bond acceptors (Lipinski definition) is 4. The third-order valence-electron chi connectivity index (χ3n) is 5.46. The smallest absolute Gasteiger partial charge is 0.262 e. The summed E-state index contributed by atoms with van der Waals surface area (Å²) in [5.74, 6) is 0.373. The minimum absolute atomic E-state index is 0.220. The maximum absolute atomic E-state index is 13.1. The number of hydrogen-bond donors (Lipinski definition) is 2. The predicted octanol–water partition coefficient (Wildman–Crippen LogP) is 5.50. The summed E-state index contributed by atoms with van der Waals surface area (Å²) in [4.78, 5) is 24.9. The first-order valence-corrected chi connectivity index (χ1v) is 9.81. The van der Waals surface area contributed by atoms with Crippen LogP contribution in [-0.4, -0.2) is 15.0 Å². The first-order valence-electron chi connectivity index (χ1n) is 9.81. The maximum atomic E-state index is 13.1. The Morgan fingerprint density at radius 2 is 1.70 bits per heavy atom. The molecule has 2 heterocycles. The summed E-state index contributed by atoms with van der Waals surface area (Å²) < 4.78 is 0. The van der Waals surface area contributed by atoms with Gasteiger partial charge in [0.25, 0.3) is 5.56 Å². The molecule has 5 aromatic rings. The number of aromatic amines is 1. The average molecular weight is 392 g/mol. The molecule has 2 N–H and O–H groups in total. The van der Waals surface area contributed by atoms with Crippen molar-refractivity contribution in [2.45, 2.75) is 13.8 Å². The highest BCUT2D eigenvalue weighted by Gasteiger charge is 2.13. The molecule has 5 rings (SSSR count). The molecule has 5 heteroatoms. The van der Waals surface area contributed by atoms with Crippen LogP contribution in [0.5, 0.6) is 0 Å². The van der Waals surface area contributed by atoms with Crippen LogP contribution in [-0.2, 0) is 0 Å². The van der Waals surface area contributed by atoms with E-state index in [1.807, 2.05) is 48.5 Å². The zero-order valence-electron chi connectivity index (χ0n) is 16.7. The van der Waals surface area contributed by atoms with Crippen LogP contribution < -0.4 is 10.9 Å². The highest BCUT2D eigenvalue weighted by atomic mass is 16.1. The molecule has 0 unspecified atom stereocenters. The standard InChI is InChI=1S/C25H20N4O/c1-15-10-11-18(14-16(15)2)27-25-28-23-22(24(30)29-25)21(12-13-26-23)20-9-5-7-17-6-3-4-8-19(17)20/h3-14H,1-2H3,(H2,26,27,28,29,30). The van der Waals surface area contributed by atoms with Crippen LogP contribution in [0.2, 0.25) is 0 Å². The van der Waals surface area contributed by atoms with E-state index in [9.17, 15) is 4.79 Å². The van der Waals surface area contributed by atoms with E-state index in [1.165, 1.54) is 11.1 Å². The molecule has 0 aliphatic carbocycles. The third-order valence-corrected chi connectivity index (χ3v) is 5.46. The summed E-state index contributed by atoms with van der Waals surface area (Å²) >= 11 is 0. The van der Waals surface area contributed by atoms with Gasteiger partial charge < -0.3 is 5.32 Å². The fourth-order valence-corrected chi connectivity index (χ4v) is 3.76. The zero-order valence-corrected chi connectivity index (χ0v) is 16.7. The summed E-state index contributed by atoms with van der Waals surface area (Å²) in [6.45, 7) is 4.11. The Morgan fingerprint density at radius 1 is 0.867 bits per heavy atom. The van der Waals surface area contributed by atoms with E-state index in [2.05, 4.69) is 52.3 Å². The molecule has 30 heavy (non-hydrogen) atoms. The normalized spacial score (nSPS) is 11.1. The van der Waals surface area contributed by atoms with Crippen molar-refractivity contribution in [3.8, 4) is 11.1 Å². The molecular weight excluding hydrogens is 372 g/mol. The van der Waals surface area contributed by atoms with E-state index >= 15 is 0 Å². The molecule has 0 spiro atoms. The van der Waals surface area contributed by atoms with Gasteiger partial charge >= 0.3 is 0 Å². The van der Waals surface area contributed by atoms with Crippen LogP contribution in [0.4, 0.5) is 11.6 Å². The molecule has 5 nitrogen and oxygen atoms in total. The van der Waals surface area contributed by atoms with E-state index in [0.717, 1.165) is 27.6 Å². The Bertz CT molecular complexity index is 1460. The SMILES string of the molecule is Cc1ccc(Nc2nc3nccc(-c4cccc5ccccc45)c3c(=O)[nH]2)cc1C. The van der Waals surface area contributed by atoms with Gasteiger partial charge in [-0.3, -0.25) is 9.78 Å². The molecule has 0 radical (unpaired) electrons. The number of benzene rings is 3. The van der Waals surface area contributed by atoms with Crippen molar-refractivity contribution in [1.29, 1.82) is 0 Å². The van der Waals surface area contributed by atoms with Crippen molar-refractivity contribution >= 4 is 33.4 Å². The second-order valence-electron chi connectivity index (χ2n) is 7.42. The van der Waals surface area contributed by atoms with Gasteiger partial charge in [0, 0.05) is 17.4 Å². The molecule has 0 aliphatic rings. The van der Waals surface area contributed by atoms with Crippen LogP contribution >= 0.6 is 0 Å². The van der Waals surface area contributed by atoms with Crippen LogP contribution in [0.1, 0.15) is 11.1 Å². The number of nitrogens with zero attached hydrogens (tertiary/aromatic N) is 2. The molecule has 0 amide bonds. The fraction of sp³-hybridized carbons (Fsp3) is 0.0800. The quantitative estimate of drug-likeness (QED) is 0.425. The van der Waals surface area contributed by atoms with E-state index in [1.54, 1.807) is 6.20 Å². The Labute approximate surface area is 173 Å². The Balaban J connectivity index is 1.66. The van der Waals surface area contributed by atoms with Crippen LogP contribution in [0.3, 0.4) is 0 Å². The molecule has 0 bridgehead atoms.